The molecule has 2 aromatic rings. The summed E-state index contributed by atoms with van der Waals surface area (Å²) in [6, 6.07) is 19.3. The van der Waals surface area contributed by atoms with Gasteiger partial charge in [-0.1, -0.05) is 74.5 Å². The van der Waals surface area contributed by atoms with Crippen LogP contribution in [0.5, 0.6) is 0 Å². The number of cyclic esters (lactones) is 1. The van der Waals surface area contributed by atoms with Gasteiger partial charge in [-0.25, -0.2) is 9.69 Å². The lowest BCUT2D eigenvalue weighted by Gasteiger charge is -2.32. The van der Waals surface area contributed by atoms with Crippen molar-refractivity contribution in [2.45, 2.75) is 52.4 Å². The Labute approximate surface area is 184 Å². The Balaban J connectivity index is 1.80. The highest BCUT2D eigenvalue weighted by Crippen LogP contribution is 2.35. The molecule has 164 valence electrons. The molecule has 0 aromatic heterocycles. The van der Waals surface area contributed by atoms with Crippen LogP contribution >= 0.6 is 0 Å². The normalized spacial score (nSPS) is 18.9. The number of hydrogen-bond acceptors (Lipinski definition) is 4. The van der Waals surface area contributed by atoms with Gasteiger partial charge in [0.2, 0.25) is 5.91 Å². The molecule has 5 nitrogen and oxygen atoms in total. The molecule has 0 aliphatic carbocycles. The summed E-state index contributed by atoms with van der Waals surface area (Å²) in [5.41, 5.74) is 1.33. The molecule has 0 N–H and O–H groups in total. The van der Waals surface area contributed by atoms with Crippen molar-refractivity contribution in [1.82, 2.24) is 4.90 Å². The number of carbonyl (C=O) groups is 2. The number of nitrogens with zero attached hydrogens (tertiary/aromatic N) is 1. The van der Waals surface area contributed by atoms with E-state index in [4.69, 9.17) is 9.47 Å². The van der Waals surface area contributed by atoms with Crippen LogP contribution in [0.15, 0.2) is 73.0 Å². The van der Waals surface area contributed by atoms with Crippen LogP contribution in [-0.4, -0.2) is 28.5 Å². The minimum absolute atomic E-state index is 0.0704. The quantitative estimate of drug-likeness (QED) is 0.539. The monoisotopic (exact) mass is 421 g/mol. The van der Waals surface area contributed by atoms with Crippen molar-refractivity contribution in [3.8, 4) is 0 Å². The maximum Gasteiger partial charge on any atom is 0.417 e. The predicted molar refractivity (Wildman–Crippen MR) is 120 cm³/mol. The third-order valence-electron chi connectivity index (χ3n) is 5.52. The first-order chi connectivity index (χ1) is 14.8. The Morgan fingerprint density at radius 3 is 2.23 bits per heavy atom. The summed E-state index contributed by atoms with van der Waals surface area (Å²) in [7, 11) is 0. The lowest BCUT2D eigenvalue weighted by atomic mass is 9.87. The van der Waals surface area contributed by atoms with Crippen molar-refractivity contribution in [2.24, 2.45) is 11.8 Å². The minimum Gasteiger partial charge on any atom is -0.497 e. The van der Waals surface area contributed by atoms with E-state index in [-0.39, 0.29) is 17.9 Å². The summed E-state index contributed by atoms with van der Waals surface area (Å²) in [5.74, 6) is -0.736. The fourth-order valence-electron chi connectivity index (χ4n) is 4.24. The lowest BCUT2D eigenvalue weighted by molar-refractivity contribution is -0.133. The highest BCUT2D eigenvalue weighted by Gasteiger charge is 2.52. The lowest BCUT2D eigenvalue weighted by Crippen LogP contribution is -2.49. The number of imide groups is 1. The molecule has 1 heterocycles. The van der Waals surface area contributed by atoms with Gasteiger partial charge in [0, 0.05) is 0 Å². The molecule has 2 aromatic carbocycles. The first kappa shape index (κ1) is 22.6. The molecule has 1 aliphatic rings. The highest BCUT2D eigenvalue weighted by molar-refractivity contribution is 5.96. The molecule has 1 aliphatic heterocycles. The molecule has 5 heteroatoms. The van der Waals surface area contributed by atoms with Crippen molar-refractivity contribution in [1.29, 1.82) is 0 Å². The zero-order valence-corrected chi connectivity index (χ0v) is 18.7. The van der Waals surface area contributed by atoms with Crippen LogP contribution in [-0.2, 0) is 27.3 Å². The Bertz CT molecular complexity index is 906. The molecule has 1 saturated heterocycles. The van der Waals surface area contributed by atoms with Gasteiger partial charge >= 0.3 is 6.09 Å². The zero-order valence-electron chi connectivity index (χ0n) is 18.7. The summed E-state index contributed by atoms with van der Waals surface area (Å²) < 4.78 is 11.2. The topological polar surface area (TPSA) is 55.8 Å². The van der Waals surface area contributed by atoms with Gasteiger partial charge in [0.1, 0.15) is 12.2 Å². The third kappa shape index (κ3) is 5.54. The summed E-state index contributed by atoms with van der Waals surface area (Å²) >= 11 is 0. The standard InChI is InChI=1S/C26H31NO4/c1-19(2)23-26(3,4)31-25(29)27(23)24(28)22(17-20-11-7-5-8-12-20)15-16-30-18-21-13-9-6-10-14-21/h5-16,19,22-23H,17-18H2,1-4H3/b16-15-/t22-,23-/m0/s1. The maximum atomic E-state index is 13.5. The number of amides is 2. The van der Waals surface area contributed by atoms with E-state index in [9.17, 15) is 9.59 Å². The largest absolute Gasteiger partial charge is 0.497 e. The summed E-state index contributed by atoms with van der Waals surface area (Å²) in [5, 5.41) is 0. The SMILES string of the molecule is CC(C)[C@@H]1N(C(=O)[C@@H](/C=C\OCc2ccccc2)Cc2ccccc2)C(=O)OC1(C)C. The van der Waals surface area contributed by atoms with E-state index in [1.165, 1.54) is 4.90 Å². The van der Waals surface area contributed by atoms with Gasteiger partial charge in [-0.15, -0.1) is 0 Å². The third-order valence-corrected chi connectivity index (χ3v) is 5.52. The Hall–Kier alpha value is -3.08. The van der Waals surface area contributed by atoms with Gasteiger partial charge in [-0.2, -0.15) is 0 Å². The van der Waals surface area contributed by atoms with Gasteiger partial charge in [0.15, 0.2) is 0 Å². The van der Waals surface area contributed by atoms with E-state index in [1.54, 1.807) is 12.3 Å². The second-order valence-corrected chi connectivity index (χ2v) is 8.79. The smallest absolute Gasteiger partial charge is 0.417 e. The average molecular weight is 422 g/mol. The van der Waals surface area contributed by atoms with E-state index in [1.807, 2.05) is 88.4 Å². The molecule has 0 radical (unpaired) electrons. The Morgan fingerprint density at radius 2 is 1.65 bits per heavy atom. The van der Waals surface area contributed by atoms with Crippen LogP contribution in [0.3, 0.4) is 0 Å². The van der Waals surface area contributed by atoms with E-state index in [0.717, 1.165) is 11.1 Å². The van der Waals surface area contributed by atoms with Crippen molar-refractivity contribution >= 4 is 12.0 Å². The van der Waals surface area contributed by atoms with E-state index >= 15 is 0 Å². The second kappa shape index (κ2) is 9.82. The molecule has 0 spiro atoms. The Kier molecular flexibility index (Phi) is 7.16. The summed E-state index contributed by atoms with van der Waals surface area (Å²) in [6.45, 7) is 8.12. The molecule has 3 rings (SSSR count). The van der Waals surface area contributed by atoms with E-state index < -0.39 is 17.6 Å². The first-order valence-electron chi connectivity index (χ1n) is 10.7. The van der Waals surface area contributed by atoms with Crippen molar-refractivity contribution in [3.05, 3.63) is 84.1 Å². The highest BCUT2D eigenvalue weighted by atomic mass is 16.6. The van der Waals surface area contributed by atoms with Gasteiger partial charge in [0.25, 0.3) is 0 Å². The van der Waals surface area contributed by atoms with Crippen LogP contribution in [0.25, 0.3) is 0 Å². The fraction of sp³-hybridized carbons (Fsp3) is 0.385. The van der Waals surface area contributed by atoms with E-state index in [0.29, 0.717) is 13.0 Å². The molecule has 0 bridgehead atoms. The Morgan fingerprint density at radius 1 is 1.06 bits per heavy atom. The van der Waals surface area contributed by atoms with Crippen molar-refractivity contribution in [2.75, 3.05) is 0 Å². The number of benzene rings is 2. The molecule has 2 atom stereocenters. The predicted octanol–water partition coefficient (Wildman–Crippen LogP) is 5.36. The van der Waals surface area contributed by atoms with Crippen molar-refractivity contribution < 1.29 is 19.1 Å². The molecule has 31 heavy (non-hydrogen) atoms. The maximum absolute atomic E-state index is 13.5. The van der Waals surface area contributed by atoms with Gasteiger partial charge < -0.3 is 9.47 Å². The average Bonchev–Trinajstić information content (AvgIpc) is 2.99. The summed E-state index contributed by atoms with van der Waals surface area (Å²) in [6.07, 6.45) is 3.20. The van der Waals surface area contributed by atoms with E-state index in [2.05, 4.69) is 0 Å². The zero-order chi connectivity index (χ0) is 22.4. The molecule has 0 unspecified atom stereocenters. The number of hydrogen-bond donors (Lipinski definition) is 0. The number of ether oxygens (including phenoxy) is 2. The van der Waals surface area contributed by atoms with Crippen LogP contribution in [0.2, 0.25) is 0 Å². The molecule has 0 saturated carbocycles. The fourth-order valence-corrected chi connectivity index (χ4v) is 4.24. The van der Waals surface area contributed by atoms with Crippen molar-refractivity contribution in [3.63, 3.8) is 0 Å². The van der Waals surface area contributed by atoms with Gasteiger partial charge in [-0.05, 0) is 43.4 Å². The molecule has 2 amide bonds. The first-order valence-corrected chi connectivity index (χ1v) is 10.7. The molecule has 1 fully saturated rings. The molecular weight excluding hydrogens is 390 g/mol. The van der Waals surface area contributed by atoms with Gasteiger partial charge in [-0.3, -0.25) is 4.79 Å². The van der Waals surface area contributed by atoms with Crippen LogP contribution < -0.4 is 0 Å². The second-order valence-electron chi connectivity index (χ2n) is 8.79. The number of rotatable bonds is 8. The van der Waals surface area contributed by atoms with Crippen LogP contribution in [0.1, 0.15) is 38.8 Å². The van der Waals surface area contributed by atoms with Crippen LogP contribution in [0, 0.1) is 11.8 Å². The summed E-state index contributed by atoms with van der Waals surface area (Å²) in [4.78, 5) is 27.5. The van der Waals surface area contributed by atoms with Gasteiger partial charge in [0.05, 0.1) is 18.2 Å². The molecular formula is C26H31NO4. The number of carbonyl (C=O) groups excluding carboxylic acids is 2. The van der Waals surface area contributed by atoms with Crippen LogP contribution in [0.4, 0.5) is 4.79 Å². The minimum atomic E-state index is -0.730.